The Morgan fingerprint density at radius 1 is 1.00 bits per heavy atom. The average Bonchev–Trinajstić information content (AvgIpc) is 2.33. The van der Waals surface area contributed by atoms with E-state index in [1.807, 2.05) is 6.92 Å². The summed E-state index contributed by atoms with van der Waals surface area (Å²) in [6, 6.07) is 0. The number of rotatable bonds is 3. The molecular weight excluding hydrogens is 208 g/mol. The van der Waals surface area contributed by atoms with Crippen LogP contribution in [0.4, 0.5) is 0 Å². The molecule has 2 rings (SSSR count). The molecule has 2 fully saturated rings. The molecule has 0 N–H and O–H groups in total. The van der Waals surface area contributed by atoms with E-state index in [1.54, 1.807) is 0 Å². The van der Waals surface area contributed by atoms with Crippen molar-refractivity contribution in [1.29, 1.82) is 0 Å². The highest BCUT2D eigenvalue weighted by Crippen LogP contribution is 2.30. The van der Waals surface area contributed by atoms with Gasteiger partial charge in [-0.2, -0.15) is 0 Å². The molecule has 0 unspecified atom stereocenters. The third-order valence-corrected chi connectivity index (χ3v) is 3.19. The van der Waals surface area contributed by atoms with Gasteiger partial charge in [0.15, 0.2) is 12.6 Å². The lowest BCUT2D eigenvalue weighted by molar-refractivity contribution is -0.299. The maximum absolute atomic E-state index is 5.73. The smallest absolute Gasteiger partial charge is 0.157 e. The molecule has 2 saturated heterocycles. The average molecular weight is 230 g/mol. The van der Waals surface area contributed by atoms with Crippen LogP contribution >= 0.6 is 0 Å². The first-order chi connectivity index (χ1) is 7.74. The number of unbranched alkanes of at least 4 members (excludes halogenated alkanes) is 1. The van der Waals surface area contributed by atoms with E-state index in [0.717, 1.165) is 12.8 Å². The van der Waals surface area contributed by atoms with Crippen molar-refractivity contribution in [3.8, 4) is 0 Å². The summed E-state index contributed by atoms with van der Waals surface area (Å²) in [5.74, 6) is 0. The number of hydrogen-bond acceptors (Lipinski definition) is 4. The van der Waals surface area contributed by atoms with Gasteiger partial charge in [0.05, 0.1) is 31.8 Å². The third-order valence-electron chi connectivity index (χ3n) is 3.19. The van der Waals surface area contributed by atoms with Crippen molar-refractivity contribution in [3.05, 3.63) is 0 Å². The van der Waals surface area contributed by atoms with Crippen molar-refractivity contribution in [2.45, 2.75) is 45.7 Å². The normalized spacial score (nSPS) is 40.1. The summed E-state index contributed by atoms with van der Waals surface area (Å²) in [4.78, 5) is 0. The Kier molecular flexibility index (Phi) is 4.19. The van der Waals surface area contributed by atoms with Gasteiger partial charge in [-0.15, -0.1) is 0 Å². The first-order valence-electron chi connectivity index (χ1n) is 6.20. The van der Waals surface area contributed by atoms with Crippen molar-refractivity contribution < 1.29 is 18.9 Å². The summed E-state index contributed by atoms with van der Waals surface area (Å²) in [6.07, 6.45) is 3.21. The maximum atomic E-state index is 5.73. The quantitative estimate of drug-likeness (QED) is 0.742. The minimum atomic E-state index is -0.0940. The van der Waals surface area contributed by atoms with Gasteiger partial charge in [0.1, 0.15) is 0 Å². The molecular formula is C12H22O4. The molecule has 0 aromatic rings. The highest BCUT2D eigenvalue weighted by molar-refractivity contribution is 4.83. The van der Waals surface area contributed by atoms with Crippen LogP contribution in [0.3, 0.4) is 0 Å². The van der Waals surface area contributed by atoms with Gasteiger partial charge in [-0.3, -0.25) is 0 Å². The van der Waals surface area contributed by atoms with Crippen LogP contribution in [0, 0.1) is 5.41 Å². The summed E-state index contributed by atoms with van der Waals surface area (Å²) in [5, 5.41) is 0. The van der Waals surface area contributed by atoms with Crippen LogP contribution in [-0.4, -0.2) is 39.0 Å². The van der Waals surface area contributed by atoms with Crippen molar-refractivity contribution in [3.63, 3.8) is 0 Å². The molecule has 0 aromatic carbocycles. The molecule has 0 atom stereocenters. The van der Waals surface area contributed by atoms with Gasteiger partial charge in [0, 0.05) is 0 Å². The van der Waals surface area contributed by atoms with Crippen LogP contribution in [0.15, 0.2) is 0 Å². The van der Waals surface area contributed by atoms with Crippen molar-refractivity contribution in [1.82, 2.24) is 0 Å². The Labute approximate surface area is 97.2 Å². The Bertz CT molecular complexity index is 201. The zero-order valence-electron chi connectivity index (χ0n) is 10.2. The molecule has 0 aliphatic carbocycles. The molecule has 4 nitrogen and oxygen atoms in total. The van der Waals surface area contributed by atoms with E-state index in [2.05, 4.69) is 6.92 Å². The molecule has 2 aliphatic rings. The molecule has 16 heavy (non-hydrogen) atoms. The largest absolute Gasteiger partial charge is 0.352 e. The zero-order chi connectivity index (χ0) is 11.4. The van der Waals surface area contributed by atoms with E-state index in [0.29, 0.717) is 26.4 Å². The highest BCUT2D eigenvalue weighted by Gasteiger charge is 2.40. The van der Waals surface area contributed by atoms with Crippen molar-refractivity contribution in [2.24, 2.45) is 5.41 Å². The topological polar surface area (TPSA) is 36.9 Å². The van der Waals surface area contributed by atoms with Gasteiger partial charge in [-0.1, -0.05) is 13.3 Å². The second kappa shape index (κ2) is 5.45. The SMILES string of the molecule is CCCCC1OCC2(COC(C)OC2)CO1. The summed E-state index contributed by atoms with van der Waals surface area (Å²) in [5.41, 5.74) is -0.0742. The lowest BCUT2D eigenvalue weighted by atomic mass is 9.91. The summed E-state index contributed by atoms with van der Waals surface area (Å²) in [7, 11) is 0. The van der Waals surface area contributed by atoms with Crippen LogP contribution in [0.1, 0.15) is 33.1 Å². The number of ether oxygens (including phenoxy) is 4. The predicted molar refractivity (Wildman–Crippen MR) is 59.0 cm³/mol. The summed E-state index contributed by atoms with van der Waals surface area (Å²) < 4.78 is 22.5. The fourth-order valence-electron chi connectivity index (χ4n) is 2.01. The molecule has 0 saturated carbocycles. The Balaban J connectivity index is 1.76. The van der Waals surface area contributed by atoms with Crippen molar-refractivity contribution >= 4 is 0 Å². The predicted octanol–water partition coefficient (Wildman–Crippen LogP) is 1.93. The minimum Gasteiger partial charge on any atom is -0.352 e. The van der Waals surface area contributed by atoms with Gasteiger partial charge in [-0.25, -0.2) is 0 Å². The number of hydrogen-bond donors (Lipinski definition) is 0. The molecule has 1 spiro atoms. The van der Waals surface area contributed by atoms with Gasteiger partial charge in [0.25, 0.3) is 0 Å². The first kappa shape index (κ1) is 12.3. The van der Waals surface area contributed by atoms with Gasteiger partial charge >= 0.3 is 0 Å². The molecule has 0 aromatic heterocycles. The molecule has 0 radical (unpaired) electrons. The molecule has 0 bridgehead atoms. The zero-order valence-corrected chi connectivity index (χ0v) is 10.2. The van der Waals surface area contributed by atoms with E-state index >= 15 is 0 Å². The maximum Gasteiger partial charge on any atom is 0.157 e. The monoisotopic (exact) mass is 230 g/mol. The van der Waals surface area contributed by atoms with Crippen LogP contribution in [0.2, 0.25) is 0 Å². The molecule has 2 heterocycles. The van der Waals surface area contributed by atoms with Crippen LogP contribution in [-0.2, 0) is 18.9 Å². The molecule has 4 heteroatoms. The summed E-state index contributed by atoms with van der Waals surface area (Å²) >= 11 is 0. The van der Waals surface area contributed by atoms with E-state index < -0.39 is 0 Å². The lowest BCUT2D eigenvalue weighted by Gasteiger charge is -2.43. The van der Waals surface area contributed by atoms with E-state index in [9.17, 15) is 0 Å². The highest BCUT2D eigenvalue weighted by atomic mass is 16.7. The van der Waals surface area contributed by atoms with E-state index in [4.69, 9.17) is 18.9 Å². The van der Waals surface area contributed by atoms with E-state index in [-0.39, 0.29) is 18.0 Å². The fraction of sp³-hybridized carbons (Fsp3) is 1.00. The van der Waals surface area contributed by atoms with Crippen LogP contribution in [0.5, 0.6) is 0 Å². The standard InChI is InChI=1S/C12H22O4/c1-3-4-5-11-15-8-12(9-16-11)6-13-10(2)14-7-12/h10-11H,3-9H2,1-2H3. The van der Waals surface area contributed by atoms with Gasteiger partial charge in [0.2, 0.25) is 0 Å². The lowest BCUT2D eigenvalue weighted by Crippen LogP contribution is -2.51. The second-order valence-electron chi connectivity index (χ2n) is 4.88. The van der Waals surface area contributed by atoms with Crippen LogP contribution in [0.25, 0.3) is 0 Å². The van der Waals surface area contributed by atoms with Crippen LogP contribution < -0.4 is 0 Å². The fourth-order valence-corrected chi connectivity index (χ4v) is 2.01. The molecule has 2 aliphatic heterocycles. The molecule has 94 valence electrons. The van der Waals surface area contributed by atoms with Crippen molar-refractivity contribution in [2.75, 3.05) is 26.4 Å². The van der Waals surface area contributed by atoms with E-state index in [1.165, 1.54) is 6.42 Å². The Morgan fingerprint density at radius 3 is 2.12 bits per heavy atom. The third kappa shape index (κ3) is 2.94. The first-order valence-corrected chi connectivity index (χ1v) is 6.20. The Hall–Kier alpha value is -0.160. The second-order valence-corrected chi connectivity index (χ2v) is 4.88. The minimum absolute atomic E-state index is 0.0232. The summed E-state index contributed by atoms with van der Waals surface area (Å²) in [6.45, 7) is 6.82. The Morgan fingerprint density at radius 2 is 1.56 bits per heavy atom. The van der Waals surface area contributed by atoms with Gasteiger partial charge in [-0.05, 0) is 19.8 Å². The molecule has 0 amide bonds. The van der Waals surface area contributed by atoms with Gasteiger partial charge < -0.3 is 18.9 Å².